The Kier molecular flexibility index (Phi) is 3.58. The Morgan fingerprint density at radius 1 is 1.33 bits per heavy atom. The van der Waals surface area contributed by atoms with Crippen molar-refractivity contribution in [2.45, 2.75) is 18.9 Å². The zero-order chi connectivity index (χ0) is 15.0. The molecule has 2 N–H and O–H groups in total. The lowest BCUT2D eigenvalue weighted by molar-refractivity contribution is 0.429. The number of rotatable bonds is 2. The van der Waals surface area contributed by atoms with Crippen molar-refractivity contribution >= 4 is 27.1 Å². The van der Waals surface area contributed by atoms with Crippen LogP contribution < -0.4 is 5.73 Å². The van der Waals surface area contributed by atoms with E-state index >= 15 is 0 Å². The highest BCUT2D eigenvalue weighted by molar-refractivity contribution is 7.91. The van der Waals surface area contributed by atoms with Gasteiger partial charge in [-0.05, 0) is 41.5 Å². The van der Waals surface area contributed by atoms with Gasteiger partial charge in [0.2, 0.25) is 0 Å². The molecule has 1 aromatic carbocycles. The number of halogens is 1. The summed E-state index contributed by atoms with van der Waals surface area (Å²) in [6, 6.07) is 4.79. The molecule has 1 aliphatic heterocycles. The third-order valence-electron chi connectivity index (χ3n) is 3.46. The first-order valence-electron chi connectivity index (χ1n) is 6.49. The normalized spacial score (nSPS) is 21.3. The van der Waals surface area contributed by atoms with Crippen molar-refractivity contribution in [1.82, 2.24) is 20.2 Å². The van der Waals surface area contributed by atoms with Gasteiger partial charge in [0.25, 0.3) is 0 Å². The van der Waals surface area contributed by atoms with Crippen LogP contribution in [-0.2, 0) is 9.84 Å². The molecule has 1 aliphatic rings. The molecule has 0 aliphatic carbocycles. The fourth-order valence-corrected chi connectivity index (χ4v) is 4.47. The van der Waals surface area contributed by atoms with Crippen molar-refractivity contribution < 1.29 is 8.42 Å². The minimum atomic E-state index is -3.04. The van der Waals surface area contributed by atoms with E-state index < -0.39 is 9.84 Å². The van der Waals surface area contributed by atoms with Crippen molar-refractivity contribution in [3.63, 3.8) is 0 Å². The topological polar surface area (TPSA) is 104 Å². The molecule has 9 heteroatoms. The van der Waals surface area contributed by atoms with E-state index in [0.717, 1.165) is 6.42 Å². The summed E-state index contributed by atoms with van der Waals surface area (Å²) < 4.78 is 25.1. The molecule has 1 saturated heterocycles. The summed E-state index contributed by atoms with van der Waals surface area (Å²) in [4.78, 5) is 0. The van der Waals surface area contributed by atoms with Gasteiger partial charge in [0, 0.05) is 16.3 Å². The van der Waals surface area contributed by atoms with Crippen molar-refractivity contribution in [2.24, 2.45) is 0 Å². The van der Waals surface area contributed by atoms with Gasteiger partial charge in [-0.3, -0.25) is 0 Å². The van der Waals surface area contributed by atoms with Gasteiger partial charge >= 0.3 is 0 Å². The predicted molar refractivity (Wildman–Crippen MR) is 79.6 cm³/mol. The molecular weight excluding hydrogens is 314 g/mol. The molecule has 1 unspecified atom stereocenters. The Balaban J connectivity index is 2.01. The van der Waals surface area contributed by atoms with E-state index in [-0.39, 0.29) is 17.5 Å². The van der Waals surface area contributed by atoms with E-state index in [1.807, 2.05) is 0 Å². The van der Waals surface area contributed by atoms with E-state index in [1.54, 1.807) is 22.9 Å². The standard InChI is InChI=1S/C12H14ClN5O2S/c13-9-4-8(5-10(14)6-9)12-15-16-17-18(12)11-2-1-3-21(19,20)7-11/h4-6,11H,1-3,7,14H2. The number of aromatic nitrogens is 4. The monoisotopic (exact) mass is 327 g/mol. The molecule has 1 aromatic heterocycles. The number of hydrogen-bond donors (Lipinski definition) is 1. The first-order chi connectivity index (χ1) is 9.94. The van der Waals surface area contributed by atoms with Gasteiger partial charge in [-0.2, -0.15) is 0 Å². The average molecular weight is 328 g/mol. The molecule has 0 saturated carbocycles. The molecule has 0 radical (unpaired) electrons. The molecular formula is C12H14ClN5O2S. The third-order valence-corrected chi connectivity index (χ3v) is 5.48. The minimum Gasteiger partial charge on any atom is -0.399 e. The van der Waals surface area contributed by atoms with Gasteiger partial charge in [-0.25, -0.2) is 13.1 Å². The van der Waals surface area contributed by atoms with Crippen LogP contribution in [0, 0.1) is 0 Å². The Bertz CT molecular complexity index is 753. The van der Waals surface area contributed by atoms with E-state index in [9.17, 15) is 8.42 Å². The fourth-order valence-electron chi connectivity index (χ4n) is 2.56. The number of anilines is 1. The third kappa shape index (κ3) is 3.01. The van der Waals surface area contributed by atoms with Crippen LogP contribution in [0.1, 0.15) is 18.9 Å². The van der Waals surface area contributed by atoms with Crippen molar-refractivity contribution in [3.8, 4) is 11.4 Å². The highest BCUT2D eigenvalue weighted by atomic mass is 35.5. The highest BCUT2D eigenvalue weighted by Gasteiger charge is 2.29. The molecule has 112 valence electrons. The SMILES string of the molecule is Nc1cc(Cl)cc(-c2nnnn2C2CCCS(=O)(=O)C2)c1. The number of hydrogen-bond acceptors (Lipinski definition) is 6. The van der Waals surface area contributed by atoms with Crippen LogP contribution >= 0.6 is 11.6 Å². The van der Waals surface area contributed by atoms with Crippen molar-refractivity contribution in [2.75, 3.05) is 17.2 Å². The largest absolute Gasteiger partial charge is 0.399 e. The fraction of sp³-hybridized carbons (Fsp3) is 0.417. The van der Waals surface area contributed by atoms with Gasteiger partial charge < -0.3 is 5.73 Å². The Morgan fingerprint density at radius 2 is 2.14 bits per heavy atom. The lowest BCUT2D eigenvalue weighted by atomic mass is 10.1. The highest BCUT2D eigenvalue weighted by Crippen LogP contribution is 2.29. The summed E-state index contributed by atoms with van der Waals surface area (Å²) in [6.45, 7) is 0. The first kappa shape index (κ1) is 14.3. The van der Waals surface area contributed by atoms with Crippen LogP contribution in [0.15, 0.2) is 18.2 Å². The van der Waals surface area contributed by atoms with Gasteiger partial charge in [0.15, 0.2) is 15.7 Å². The summed E-state index contributed by atoms with van der Waals surface area (Å²) in [6.07, 6.45) is 1.34. The second-order valence-corrected chi connectivity index (χ2v) is 7.80. The number of tetrazole rings is 1. The maximum Gasteiger partial charge on any atom is 0.182 e. The Hall–Kier alpha value is -1.67. The summed E-state index contributed by atoms with van der Waals surface area (Å²) in [5, 5.41) is 12.1. The molecule has 2 aromatic rings. The Labute approximate surface area is 127 Å². The Morgan fingerprint density at radius 3 is 2.86 bits per heavy atom. The maximum atomic E-state index is 11.8. The first-order valence-corrected chi connectivity index (χ1v) is 8.69. The van der Waals surface area contributed by atoms with Crippen LogP contribution in [0.2, 0.25) is 5.02 Å². The molecule has 0 bridgehead atoms. The van der Waals surface area contributed by atoms with Gasteiger partial charge in [0.05, 0.1) is 17.5 Å². The number of nitrogen functional groups attached to an aromatic ring is 1. The zero-order valence-electron chi connectivity index (χ0n) is 11.1. The van der Waals surface area contributed by atoms with Crippen LogP contribution in [-0.4, -0.2) is 40.1 Å². The molecule has 21 heavy (non-hydrogen) atoms. The minimum absolute atomic E-state index is 0.0566. The lowest BCUT2D eigenvalue weighted by Gasteiger charge is -2.22. The number of nitrogens with zero attached hydrogens (tertiary/aromatic N) is 4. The molecule has 1 fully saturated rings. The summed E-state index contributed by atoms with van der Waals surface area (Å²) >= 11 is 6.00. The van der Waals surface area contributed by atoms with Crippen LogP contribution in [0.25, 0.3) is 11.4 Å². The van der Waals surface area contributed by atoms with E-state index in [4.69, 9.17) is 17.3 Å². The van der Waals surface area contributed by atoms with Crippen LogP contribution in [0.5, 0.6) is 0 Å². The van der Waals surface area contributed by atoms with Crippen molar-refractivity contribution in [1.29, 1.82) is 0 Å². The van der Waals surface area contributed by atoms with E-state index in [2.05, 4.69) is 15.5 Å². The predicted octanol–water partition coefficient (Wildman–Crippen LogP) is 1.33. The summed E-state index contributed by atoms with van der Waals surface area (Å²) in [5.74, 6) is 0.762. The van der Waals surface area contributed by atoms with Crippen LogP contribution in [0.4, 0.5) is 5.69 Å². The quantitative estimate of drug-likeness (QED) is 0.834. The maximum absolute atomic E-state index is 11.8. The van der Waals surface area contributed by atoms with Gasteiger partial charge in [0.1, 0.15) is 0 Å². The molecule has 0 spiro atoms. The average Bonchev–Trinajstić information content (AvgIpc) is 2.85. The number of benzene rings is 1. The lowest BCUT2D eigenvalue weighted by Crippen LogP contribution is -2.28. The number of sulfone groups is 1. The second-order valence-electron chi connectivity index (χ2n) is 5.13. The molecule has 1 atom stereocenters. The molecule has 7 nitrogen and oxygen atoms in total. The van der Waals surface area contributed by atoms with E-state index in [1.165, 1.54) is 0 Å². The second kappa shape index (κ2) is 5.27. The van der Waals surface area contributed by atoms with Gasteiger partial charge in [-0.1, -0.05) is 11.6 Å². The molecule has 0 amide bonds. The number of nitrogens with two attached hydrogens (primary N) is 1. The molecule has 3 rings (SSSR count). The van der Waals surface area contributed by atoms with Gasteiger partial charge in [-0.15, -0.1) is 5.10 Å². The van der Waals surface area contributed by atoms with E-state index in [0.29, 0.717) is 28.5 Å². The summed E-state index contributed by atoms with van der Waals surface area (Å²) in [5.41, 5.74) is 6.96. The smallest absolute Gasteiger partial charge is 0.182 e. The zero-order valence-corrected chi connectivity index (χ0v) is 12.7. The summed E-state index contributed by atoms with van der Waals surface area (Å²) in [7, 11) is -3.04. The van der Waals surface area contributed by atoms with Crippen molar-refractivity contribution in [3.05, 3.63) is 23.2 Å². The molecule has 2 heterocycles. The van der Waals surface area contributed by atoms with Crippen LogP contribution in [0.3, 0.4) is 0 Å².